The van der Waals surface area contributed by atoms with Crippen LogP contribution < -0.4 is 0 Å². The minimum atomic E-state index is -3.45. The van der Waals surface area contributed by atoms with Crippen molar-refractivity contribution in [3.05, 3.63) is 38.4 Å². The Morgan fingerprint density at radius 1 is 1.48 bits per heavy atom. The molecule has 0 amide bonds. The van der Waals surface area contributed by atoms with Crippen molar-refractivity contribution < 1.29 is 8.42 Å². The third-order valence-electron chi connectivity index (χ3n) is 3.90. The van der Waals surface area contributed by atoms with Gasteiger partial charge in [0.25, 0.3) is 10.0 Å². The van der Waals surface area contributed by atoms with Crippen molar-refractivity contribution in [2.75, 3.05) is 6.54 Å². The molecule has 0 saturated heterocycles. The molecule has 1 atom stereocenters. The van der Waals surface area contributed by atoms with E-state index < -0.39 is 10.0 Å². The number of aryl methyl sites for hydroxylation is 1. The van der Waals surface area contributed by atoms with E-state index in [9.17, 15) is 8.42 Å². The summed E-state index contributed by atoms with van der Waals surface area (Å²) in [6.45, 7) is 4.42. The Morgan fingerprint density at radius 3 is 2.90 bits per heavy atom. The molecule has 0 aliphatic carbocycles. The maximum absolute atomic E-state index is 12.9. The van der Waals surface area contributed by atoms with E-state index >= 15 is 0 Å². The van der Waals surface area contributed by atoms with Crippen LogP contribution in [0.15, 0.2) is 21.7 Å². The van der Waals surface area contributed by atoms with Gasteiger partial charge in [-0.2, -0.15) is 4.31 Å². The summed E-state index contributed by atoms with van der Waals surface area (Å²) in [5, 5.41) is 2.04. The first-order chi connectivity index (χ1) is 9.95. The quantitative estimate of drug-likeness (QED) is 0.769. The van der Waals surface area contributed by atoms with Crippen molar-refractivity contribution in [1.82, 2.24) is 4.31 Å². The molecule has 0 aromatic carbocycles. The second kappa shape index (κ2) is 5.66. The summed E-state index contributed by atoms with van der Waals surface area (Å²) in [4.78, 5) is 2.23. The summed E-state index contributed by atoms with van der Waals surface area (Å²) in [6.07, 6.45) is 0.795. The van der Waals surface area contributed by atoms with Crippen LogP contribution >= 0.6 is 34.3 Å². The summed E-state index contributed by atoms with van der Waals surface area (Å²) in [5.74, 6) is 0.357. The van der Waals surface area contributed by atoms with Crippen LogP contribution in [-0.2, 0) is 22.3 Å². The van der Waals surface area contributed by atoms with Crippen molar-refractivity contribution in [1.29, 1.82) is 0 Å². The Morgan fingerprint density at radius 2 is 2.24 bits per heavy atom. The molecule has 1 aliphatic rings. The van der Waals surface area contributed by atoms with Crippen LogP contribution in [0.25, 0.3) is 0 Å². The Bertz CT molecular complexity index is 763. The molecule has 2 aromatic rings. The zero-order valence-corrected chi connectivity index (χ0v) is 15.0. The first kappa shape index (κ1) is 15.5. The number of nitrogens with zero attached hydrogens (tertiary/aromatic N) is 1. The van der Waals surface area contributed by atoms with Crippen molar-refractivity contribution in [2.45, 2.75) is 36.4 Å². The highest BCUT2D eigenvalue weighted by molar-refractivity contribution is 7.91. The smallest absolute Gasteiger partial charge is 0.206 e. The van der Waals surface area contributed by atoms with E-state index in [1.165, 1.54) is 16.2 Å². The van der Waals surface area contributed by atoms with E-state index in [1.54, 1.807) is 21.7 Å². The van der Waals surface area contributed by atoms with Gasteiger partial charge in [0.2, 0.25) is 0 Å². The lowest BCUT2D eigenvalue weighted by Gasteiger charge is -2.32. The molecule has 3 rings (SSSR count). The highest BCUT2D eigenvalue weighted by atomic mass is 35.5. The number of fused-ring (bicyclic) bond motifs is 1. The third kappa shape index (κ3) is 2.57. The molecule has 21 heavy (non-hydrogen) atoms. The number of hydrogen-bond acceptors (Lipinski definition) is 4. The van der Waals surface area contributed by atoms with E-state index in [4.69, 9.17) is 11.6 Å². The fourth-order valence-corrected chi connectivity index (χ4v) is 7.20. The van der Waals surface area contributed by atoms with Gasteiger partial charge in [0.05, 0.1) is 5.88 Å². The van der Waals surface area contributed by atoms with Crippen LogP contribution in [0.2, 0.25) is 0 Å². The van der Waals surface area contributed by atoms with Crippen LogP contribution in [0, 0.1) is 6.92 Å². The van der Waals surface area contributed by atoms with Gasteiger partial charge in [-0.25, -0.2) is 8.42 Å². The summed E-state index contributed by atoms with van der Waals surface area (Å²) in [6, 6.07) is 3.68. The number of thiophene rings is 2. The van der Waals surface area contributed by atoms with Crippen LogP contribution in [0.3, 0.4) is 0 Å². The minimum Gasteiger partial charge on any atom is -0.206 e. The molecule has 1 aliphatic heterocycles. The normalized spacial score (nSPS) is 19.7. The molecule has 0 bridgehead atoms. The molecule has 0 N–H and O–H groups in total. The zero-order chi connectivity index (χ0) is 15.2. The lowest BCUT2D eigenvalue weighted by molar-refractivity contribution is 0.330. The van der Waals surface area contributed by atoms with Gasteiger partial charge in [-0.3, -0.25) is 0 Å². The topological polar surface area (TPSA) is 37.4 Å². The average molecular weight is 362 g/mol. The van der Waals surface area contributed by atoms with Gasteiger partial charge >= 0.3 is 0 Å². The minimum absolute atomic E-state index is 0.105. The molecule has 0 saturated carbocycles. The van der Waals surface area contributed by atoms with Gasteiger partial charge in [0, 0.05) is 22.3 Å². The summed E-state index contributed by atoms with van der Waals surface area (Å²) < 4.78 is 27.8. The highest BCUT2D eigenvalue weighted by Gasteiger charge is 2.35. The number of alkyl halides is 1. The second-order valence-corrected chi connectivity index (χ2v) is 9.67. The predicted octanol–water partition coefficient (Wildman–Crippen LogP) is 4.16. The third-order valence-corrected chi connectivity index (χ3v) is 8.98. The van der Waals surface area contributed by atoms with E-state index in [-0.39, 0.29) is 6.04 Å². The van der Waals surface area contributed by atoms with Crippen LogP contribution in [0.4, 0.5) is 0 Å². The number of sulfonamides is 1. The predicted molar refractivity (Wildman–Crippen MR) is 88.9 cm³/mol. The molecule has 1 unspecified atom stereocenters. The van der Waals surface area contributed by atoms with Gasteiger partial charge in [0.1, 0.15) is 4.21 Å². The highest BCUT2D eigenvalue weighted by Crippen LogP contribution is 2.38. The number of rotatable bonds is 3. The molecule has 7 heteroatoms. The zero-order valence-electron chi connectivity index (χ0n) is 11.8. The Labute approximate surface area is 138 Å². The van der Waals surface area contributed by atoms with Crippen molar-refractivity contribution in [3.8, 4) is 0 Å². The summed E-state index contributed by atoms with van der Waals surface area (Å²) >= 11 is 8.86. The molecule has 0 spiro atoms. The Hall–Kier alpha value is -0.400. The molecule has 3 nitrogen and oxygen atoms in total. The van der Waals surface area contributed by atoms with Crippen molar-refractivity contribution in [3.63, 3.8) is 0 Å². The lowest BCUT2D eigenvalue weighted by Crippen LogP contribution is -2.37. The lowest BCUT2D eigenvalue weighted by atomic mass is 10.0. The van der Waals surface area contributed by atoms with Gasteiger partial charge in [-0.15, -0.1) is 34.3 Å². The molecule has 0 fully saturated rings. The Balaban J connectivity index is 1.99. The second-order valence-electron chi connectivity index (χ2n) is 5.15. The standard InChI is InChI=1S/C14H16ClNO2S3/c1-9-7-14(20-13(9)8-15)21(17,18)16-5-3-12-11(10(16)2)4-6-19-12/h4,6-7,10H,3,5,8H2,1-2H3. The van der Waals surface area contributed by atoms with Crippen LogP contribution in [0.1, 0.15) is 33.8 Å². The first-order valence-corrected chi connectivity index (χ1v) is 10.4. The van der Waals surface area contributed by atoms with Crippen LogP contribution in [-0.4, -0.2) is 19.3 Å². The number of halogens is 1. The average Bonchev–Trinajstić information content (AvgIpc) is 3.05. The molecule has 114 valence electrons. The molecule has 0 radical (unpaired) electrons. The molecule has 2 aromatic heterocycles. The molecular formula is C14H16ClNO2S3. The molecular weight excluding hydrogens is 346 g/mol. The van der Waals surface area contributed by atoms with E-state index in [2.05, 4.69) is 0 Å². The fourth-order valence-electron chi connectivity index (χ4n) is 2.68. The fraction of sp³-hybridized carbons (Fsp3) is 0.429. The molecule has 3 heterocycles. The van der Waals surface area contributed by atoms with Gasteiger partial charge in [-0.05, 0) is 48.9 Å². The maximum atomic E-state index is 12.9. The van der Waals surface area contributed by atoms with Gasteiger partial charge in [-0.1, -0.05) is 0 Å². The van der Waals surface area contributed by atoms with Gasteiger partial charge < -0.3 is 0 Å². The summed E-state index contributed by atoms with van der Waals surface area (Å²) in [7, 11) is -3.45. The first-order valence-electron chi connectivity index (χ1n) is 6.68. The van der Waals surface area contributed by atoms with E-state index in [0.29, 0.717) is 16.6 Å². The van der Waals surface area contributed by atoms with E-state index in [1.807, 2.05) is 25.3 Å². The monoisotopic (exact) mass is 361 g/mol. The Kier molecular flexibility index (Phi) is 4.18. The number of hydrogen-bond donors (Lipinski definition) is 0. The maximum Gasteiger partial charge on any atom is 0.253 e. The van der Waals surface area contributed by atoms with Crippen molar-refractivity contribution in [2.24, 2.45) is 0 Å². The SMILES string of the molecule is Cc1cc(S(=O)(=O)N2CCc3sccc3C2C)sc1CCl. The van der Waals surface area contributed by atoms with Crippen LogP contribution in [0.5, 0.6) is 0 Å². The van der Waals surface area contributed by atoms with Crippen molar-refractivity contribution >= 4 is 44.3 Å². The summed E-state index contributed by atoms with van der Waals surface area (Å²) in [5.41, 5.74) is 2.09. The van der Waals surface area contributed by atoms with E-state index in [0.717, 1.165) is 22.4 Å². The van der Waals surface area contributed by atoms with Gasteiger partial charge in [0.15, 0.2) is 0 Å². The largest absolute Gasteiger partial charge is 0.253 e.